The first-order valence-corrected chi connectivity index (χ1v) is 8.75. The standard InChI is InChI=1S/C16H19N5OS/c1-11-4-19-14(5-18-11)16(22)21-8-12-6-20(7-13(12)9-21)10-15-17-2-3-23-15/h2-5,12-13H,6-10H2,1H3/t12-,13+. The zero-order valence-corrected chi connectivity index (χ0v) is 13.9. The van der Waals surface area contributed by atoms with Gasteiger partial charge in [-0.1, -0.05) is 0 Å². The van der Waals surface area contributed by atoms with Gasteiger partial charge in [0, 0.05) is 44.0 Å². The van der Waals surface area contributed by atoms with Crippen molar-refractivity contribution in [3.63, 3.8) is 0 Å². The Morgan fingerprint density at radius 1 is 1.17 bits per heavy atom. The van der Waals surface area contributed by atoms with Crippen LogP contribution in [0.1, 0.15) is 21.2 Å². The molecule has 7 heteroatoms. The van der Waals surface area contributed by atoms with Gasteiger partial charge in [0.25, 0.3) is 5.91 Å². The van der Waals surface area contributed by atoms with Crippen LogP contribution in [0, 0.1) is 18.8 Å². The summed E-state index contributed by atoms with van der Waals surface area (Å²) in [5, 5.41) is 3.20. The molecule has 2 atom stereocenters. The fourth-order valence-electron chi connectivity index (χ4n) is 3.57. The van der Waals surface area contributed by atoms with Crippen LogP contribution in [0.3, 0.4) is 0 Å². The molecule has 2 aliphatic heterocycles. The number of fused-ring (bicyclic) bond motifs is 1. The molecule has 0 saturated carbocycles. The monoisotopic (exact) mass is 329 g/mol. The van der Waals surface area contributed by atoms with E-state index in [9.17, 15) is 4.79 Å². The number of amides is 1. The van der Waals surface area contributed by atoms with Crippen LogP contribution in [0.25, 0.3) is 0 Å². The maximum atomic E-state index is 12.5. The van der Waals surface area contributed by atoms with Gasteiger partial charge >= 0.3 is 0 Å². The summed E-state index contributed by atoms with van der Waals surface area (Å²) in [4.78, 5) is 29.7. The molecule has 4 rings (SSSR count). The smallest absolute Gasteiger partial charge is 0.274 e. The SMILES string of the molecule is Cc1cnc(C(=O)N2C[C@H]3CN(Cc4nccs4)C[C@H]3C2)cn1. The number of hydrogen-bond donors (Lipinski definition) is 0. The van der Waals surface area contributed by atoms with Gasteiger partial charge in [-0.25, -0.2) is 9.97 Å². The highest BCUT2D eigenvalue weighted by Crippen LogP contribution is 2.32. The predicted octanol–water partition coefficient (Wildman–Crippen LogP) is 1.45. The van der Waals surface area contributed by atoms with Crippen molar-refractivity contribution < 1.29 is 4.79 Å². The van der Waals surface area contributed by atoms with Gasteiger partial charge < -0.3 is 4.90 Å². The third-order valence-corrected chi connectivity index (χ3v) is 5.46. The highest BCUT2D eigenvalue weighted by molar-refractivity contribution is 7.09. The lowest BCUT2D eigenvalue weighted by Gasteiger charge is -2.20. The molecule has 0 spiro atoms. The molecule has 0 aromatic carbocycles. The molecule has 0 radical (unpaired) electrons. The van der Waals surface area contributed by atoms with Gasteiger partial charge in [-0.3, -0.25) is 14.7 Å². The minimum absolute atomic E-state index is 0.0124. The topological polar surface area (TPSA) is 62.2 Å². The highest BCUT2D eigenvalue weighted by Gasteiger charge is 2.41. The molecule has 0 bridgehead atoms. The van der Waals surface area contributed by atoms with E-state index in [1.165, 1.54) is 5.01 Å². The number of carbonyl (C=O) groups excluding carboxylic acids is 1. The summed E-state index contributed by atoms with van der Waals surface area (Å²) in [6, 6.07) is 0. The summed E-state index contributed by atoms with van der Waals surface area (Å²) in [6.07, 6.45) is 5.10. The molecular weight excluding hydrogens is 310 g/mol. The molecule has 2 fully saturated rings. The Hall–Kier alpha value is -1.86. The molecule has 0 N–H and O–H groups in total. The highest BCUT2D eigenvalue weighted by atomic mass is 32.1. The Kier molecular flexibility index (Phi) is 3.82. The van der Waals surface area contributed by atoms with Gasteiger partial charge in [-0.15, -0.1) is 11.3 Å². The summed E-state index contributed by atoms with van der Waals surface area (Å²) >= 11 is 1.71. The van der Waals surface area contributed by atoms with Crippen molar-refractivity contribution in [1.29, 1.82) is 0 Å². The van der Waals surface area contributed by atoms with Crippen molar-refractivity contribution in [3.8, 4) is 0 Å². The van der Waals surface area contributed by atoms with Gasteiger partial charge in [0.2, 0.25) is 0 Å². The molecule has 23 heavy (non-hydrogen) atoms. The average molecular weight is 329 g/mol. The van der Waals surface area contributed by atoms with Crippen molar-refractivity contribution >= 4 is 17.2 Å². The average Bonchev–Trinajstić information content (AvgIpc) is 3.24. The van der Waals surface area contributed by atoms with Crippen LogP contribution in [0.5, 0.6) is 0 Å². The molecule has 6 nitrogen and oxygen atoms in total. The second-order valence-electron chi connectivity index (χ2n) is 6.39. The zero-order valence-electron chi connectivity index (χ0n) is 13.1. The number of thiazole rings is 1. The van der Waals surface area contributed by atoms with E-state index in [-0.39, 0.29) is 5.91 Å². The van der Waals surface area contributed by atoms with E-state index < -0.39 is 0 Å². The molecule has 2 aromatic rings. The van der Waals surface area contributed by atoms with Crippen molar-refractivity contribution in [1.82, 2.24) is 24.8 Å². The molecule has 1 amide bonds. The quantitative estimate of drug-likeness (QED) is 0.853. The van der Waals surface area contributed by atoms with Crippen LogP contribution < -0.4 is 0 Å². The first-order valence-electron chi connectivity index (χ1n) is 7.87. The fraction of sp³-hybridized carbons (Fsp3) is 0.500. The van der Waals surface area contributed by atoms with Crippen LogP contribution >= 0.6 is 11.3 Å². The second kappa shape index (κ2) is 5.98. The molecule has 4 heterocycles. The summed E-state index contributed by atoms with van der Waals surface area (Å²) in [6.45, 7) is 6.56. The molecule has 0 unspecified atom stereocenters. The number of likely N-dealkylation sites (tertiary alicyclic amines) is 2. The third kappa shape index (κ3) is 2.98. The largest absolute Gasteiger partial charge is 0.337 e. The van der Waals surface area contributed by atoms with Crippen molar-refractivity contribution in [2.24, 2.45) is 11.8 Å². The summed E-state index contributed by atoms with van der Waals surface area (Å²) in [7, 11) is 0. The van der Waals surface area contributed by atoms with E-state index in [2.05, 4.69) is 19.9 Å². The van der Waals surface area contributed by atoms with Gasteiger partial charge in [-0.05, 0) is 18.8 Å². The van der Waals surface area contributed by atoms with Crippen LogP contribution in [-0.2, 0) is 6.54 Å². The van der Waals surface area contributed by atoms with E-state index in [4.69, 9.17) is 0 Å². The lowest BCUT2D eigenvalue weighted by molar-refractivity contribution is 0.0767. The van der Waals surface area contributed by atoms with Gasteiger partial charge in [0.1, 0.15) is 10.7 Å². The number of carbonyl (C=O) groups is 1. The first kappa shape index (κ1) is 14.7. The minimum atomic E-state index is 0.0124. The number of aromatic nitrogens is 3. The van der Waals surface area contributed by atoms with E-state index in [1.54, 1.807) is 23.7 Å². The van der Waals surface area contributed by atoms with Crippen LogP contribution in [-0.4, -0.2) is 56.8 Å². The Balaban J connectivity index is 1.36. The first-order chi connectivity index (χ1) is 11.2. The number of hydrogen-bond acceptors (Lipinski definition) is 6. The van der Waals surface area contributed by atoms with Gasteiger partial charge in [0.05, 0.1) is 18.4 Å². The number of aryl methyl sites for hydroxylation is 1. The predicted molar refractivity (Wildman–Crippen MR) is 87.0 cm³/mol. The van der Waals surface area contributed by atoms with E-state index in [1.807, 2.05) is 23.4 Å². The second-order valence-corrected chi connectivity index (χ2v) is 7.37. The Bertz CT molecular complexity index is 673. The van der Waals surface area contributed by atoms with Crippen molar-refractivity contribution in [2.75, 3.05) is 26.2 Å². The minimum Gasteiger partial charge on any atom is -0.337 e. The summed E-state index contributed by atoms with van der Waals surface area (Å²) < 4.78 is 0. The molecule has 120 valence electrons. The Labute approximate surface area is 139 Å². The van der Waals surface area contributed by atoms with Crippen molar-refractivity contribution in [2.45, 2.75) is 13.5 Å². The Morgan fingerprint density at radius 2 is 1.96 bits per heavy atom. The third-order valence-electron chi connectivity index (χ3n) is 4.69. The summed E-state index contributed by atoms with van der Waals surface area (Å²) in [5.41, 5.74) is 1.29. The Morgan fingerprint density at radius 3 is 2.57 bits per heavy atom. The van der Waals surface area contributed by atoms with E-state index >= 15 is 0 Å². The molecule has 0 aliphatic carbocycles. The molecular formula is C16H19N5OS. The molecule has 2 saturated heterocycles. The lowest BCUT2D eigenvalue weighted by atomic mass is 10.0. The zero-order chi connectivity index (χ0) is 15.8. The number of rotatable bonds is 3. The molecule has 2 aromatic heterocycles. The fourth-order valence-corrected chi connectivity index (χ4v) is 4.23. The van der Waals surface area contributed by atoms with Crippen LogP contribution in [0.2, 0.25) is 0 Å². The number of nitrogens with zero attached hydrogens (tertiary/aromatic N) is 5. The van der Waals surface area contributed by atoms with Crippen LogP contribution in [0.4, 0.5) is 0 Å². The van der Waals surface area contributed by atoms with Crippen LogP contribution in [0.15, 0.2) is 24.0 Å². The van der Waals surface area contributed by atoms with E-state index in [0.717, 1.165) is 38.4 Å². The summed E-state index contributed by atoms with van der Waals surface area (Å²) in [5.74, 6) is 1.15. The normalized spacial score (nSPS) is 24.1. The lowest BCUT2D eigenvalue weighted by Crippen LogP contribution is -2.33. The maximum Gasteiger partial charge on any atom is 0.274 e. The maximum absolute atomic E-state index is 12.5. The van der Waals surface area contributed by atoms with Gasteiger partial charge in [-0.2, -0.15) is 0 Å². The van der Waals surface area contributed by atoms with Gasteiger partial charge in [0.15, 0.2) is 0 Å². The molecule has 2 aliphatic rings. The van der Waals surface area contributed by atoms with E-state index in [0.29, 0.717) is 17.5 Å². The van der Waals surface area contributed by atoms with Crippen molar-refractivity contribution in [3.05, 3.63) is 40.4 Å².